The van der Waals surface area contributed by atoms with Crippen molar-refractivity contribution in [3.8, 4) is 11.5 Å². The van der Waals surface area contributed by atoms with E-state index in [9.17, 15) is 0 Å². The topological polar surface area (TPSA) is 24.9 Å². The van der Waals surface area contributed by atoms with Crippen LogP contribution in [-0.2, 0) is 6.61 Å². The van der Waals surface area contributed by atoms with Gasteiger partial charge in [-0.2, -0.15) is 0 Å². The van der Waals surface area contributed by atoms with E-state index in [4.69, 9.17) is 21.1 Å². The van der Waals surface area contributed by atoms with Crippen LogP contribution in [0.2, 0.25) is 5.02 Å². The van der Waals surface area contributed by atoms with Gasteiger partial charge in [-0.15, -0.1) is 0 Å². The maximum absolute atomic E-state index is 6.26. The van der Waals surface area contributed by atoms with Crippen LogP contribution in [0.25, 0.3) is 0 Å². The summed E-state index contributed by atoms with van der Waals surface area (Å²) >= 11 is 6.26. The first-order valence-corrected chi connectivity index (χ1v) is 13.0. The lowest BCUT2D eigenvalue weighted by molar-refractivity contribution is 0.0712. The molecule has 0 aliphatic carbocycles. The van der Waals surface area contributed by atoms with Crippen molar-refractivity contribution in [2.45, 2.75) is 51.8 Å². The van der Waals surface area contributed by atoms with Crippen LogP contribution in [0.3, 0.4) is 0 Å². The highest BCUT2D eigenvalue weighted by Gasteiger charge is 2.36. The Balaban J connectivity index is 1.31. The summed E-state index contributed by atoms with van der Waals surface area (Å²) in [5, 5.41) is 0.662. The standard InChI is InChI=1S/C30H35ClN2O2/c1-21-22(2)29(35-20-23-8-5-4-6-9-23)15-13-26(21)28-11-7-10-25-19-32(16-17-33(25)28)24-12-14-27(31)30(18-24)34-3/h4-6,8-9,12-15,18,25,28H,7,10-11,16-17,19-20H2,1-3H3/t25-,28+/m0/s1. The second-order valence-electron chi connectivity index (χ2n) is 9.78. The third-order valence-corrected chi connectivity index (χ3v) is 8.13. The number of nitrogens with zero attached hydrogens (tertiary/aromatic N) is 2. The van der Waals surface area contributed by atoms with Crippen LogP contribution in [0.15, 0.2) is 60.7 Å². The molecule has 0 radical (unpaired) electrons. The second-order valence-corrected chi connectivity index (χ2v) is 10.2. The number of hydrogen-bond acceptors (Lipinski definition) is 4. The largest absolute Gasteiger partial charge is 0.495 e. The van der Waals surface area contributed by atoms with Crippen molar-refractivity contribution in [3.05, 3.63) is 87.9 Å². The molecule has 0 spiro atoms. The fourth-order valence-electron chi connectivity index (χ4n) is 5.73. The van der Waals surface area contributed by atoms with Gasteiger partial charge in [0.05, 0.1) is 12.1 Å². The van der Waals surface area contributed by atoms with Gasteiger partial charge in [0.1, 0.15) is 18.1 Å². The van der Waals surface area contributed by atoms with E-state index in [1.165, 1.54) is 47.2 Å². The average molecular weight is 491 g/mol. The molecule has 0 N–H and O–H groups in total. The first-order valence-electron chi connectivity index (χ1n) is 12.7. The van der Waals surface area contributed by atoms with Gasteiger partial charge >= 0.3 is 0 Å². The lowest BCUT2D eigenvalue weighted by Crippen LogP contribution is -2.56. The van der Waals surface area contributed by atoms with Crippen molar-refractivity contribution >= 4 is 17.3 Å². The molecule has 2 aliphatic rings. The molecular formula is C30H35ClN2O2. The van der Waals surface area contributed by atoms with Crippen molar-refractivity contribution in [2.24, 2.45) is 0 Å². The molecule has 0 bridgehead atoms. The van der Waals surface area contributed by atoms with Crippen LogP contribution in [0.5, 0.6) is 11.5 Å². The molecule has 4 nitrogen and oxygen atoms in total. The number of fused-ring (bicyclic) bond motifs is 1. The Morgan fingerprint density at radius 1 is 0.914 bits per heavy atom. The van der Waals surface area contributed by atoms with Gasteiger partial charge in [-0.25, -0.2) is 0 Å². The highest BCUT2D eigenvalue weighted by molar-refractivity contribution is 6.32. The molecule has 2 fully saturated rings. The Morgan fingerprint density at radius 2 is 1.74 bits per heavy atom. The number of anilines is 1. The average Bonchev–Trinajstić information content (AvgIpc) is 2.90. The molecule has 3 aromatic carbocycles. The second kappa shape index (κ2) is 10.5. The Morgan fingerprint density at radius 3 is 2.54 bits per heavy atom. The van der Waals surface area contributed by atoms with Gasteiger partial charge in [0.2, 0.25) is 0 Å². The Bertz CT molecular complexity index is 1170. The number of methoxy groups -OCH3 is 1. The third kappa shape index (κ3) is 5.00. The first kappa shape index (κ1) is 24.0. The molecule has 2 saturated heterocycles. The van der Waals surface area contributed by atoms with Crippen LogP contribution in [-0.4, -0.2) is 37.7 Å². The number of benzene rings is 3. The van der Waals surface area contributed by atoms with Crippen molar-refractivity contribution in [2.75, 3.05) is 31.6 Å². The van der Waals surface area contributed by atoms with Crippen molar-refractivity contribution in [3.63, 3.8) is 0 Å². The minimum Gasteiger partial charge on any atom is -0.495 e. The molecule has 2 heterocycles. The highest BCUT2D eigenvalue weighted by atomic mass is 35.5. The summed E-state index contributed by atoms with van der Waals surface area (Å²) in [4.78, 5) is 5.24. The molecule has 0 unspecified atom stereocenters. The van der Waals surface area contributed by atoms with Gasteiger partial charge in [0.15, 0.2) is 0 Å². The predicted octanol–water partition coefficient (Wildman–Crippen LogP) is 6.96. The van der Waals surface area contributed by atoms with E-state index in [2.05, 4.69) is 72.2 Å². The van der Waals surface area contributed by atoms with Gasteiger partial charge < -0.3 is 14.4 Å². The first-order chi connectivity index (χ1) is 17.0. The van der Waals surface area contributed by atoms with Crippen molar-refractivity contribution in [1.82, 2.24) is 4.90 Å². The molecule has 3 aromatic rings. The van der Waals surface area contributed by atoms with Crippen molar-refractivity contribution in [1.29, 1.82) is 0 Å². The zero-order chi connectivity index (χ0) is 24.4. The quantitative estimate of drug-likeness (QED) is 0.373. The number of ether oxygens (including phenoxy) is 2. The summed E-state index contributed by atoms with van der Waals surface area (Å²) in [6.07, 6.45) is 3.72. The molecule has 5 rings (SSSR count). The van der Waals surface area contributed by atoms with E-state index in [1.54, 1.807) is 7.11 Å². The molecule has 2 atom stereocenters. The maximum Gasteiger partial charge on any atom is 0.139 e. The molecule has 0 amide bonds. The van der Waals surface area contributed by atoms with Gasteiger partial charge in [0.25, 0.3) is 0 Å². The van der Waals surface area contributed by atoms with Crippen LogP contribution in [0.1, 0.15) is 47.6 Å². The number of piperazine rings is 1. The van der Waals surface area contributed by atoms with Gasteiger partial charge in [-0.3, -0.25) is 4.90 Å². The smallest absolute Gasteiger partial charge is 0.139 e. The molecule has 0 saturated carbocycles. The van der Waals surface area contributed by atoms with Gasteiger partial charge in [0, 0.05) is 43.5 Å². The molecule has 184 valence electrons. The lowest BCUT2D eigenvalue weighted by atomic mass is 9.86. The monoisotopic (exact) mass is 490 g/mol. The Labute approximate surface area is 214 Å². The van der Waals surface area contributed by atoms with E-state index >= 15 is 0 Å². The summed E-state index contributed by atoms with van der Waals surface area (Å²) in [7, 11) is 1.68. The number of rotatable bonds is 6. The maximum atomic E-state index is 6.26. The molecule has 0 aromatic heterocycles. The van der Waals surface area contributed by atoms with Gasteiger partial charge in [-0.05, 0) is 73.6 Å². The van der Waals surface area contributed by atoms with E-state index < -0.39 is 0 Å². The normalized spacial score (nSPS) is 20.4. The lowest BCUT2D eigenvalue weighted by Gasteiger charge is -2.49. The Hall–Kier alpha value is -2.69. The minimum absolute atomic E-state index is 0.470. The van der Waals surface area contributed by atoms with E-state index in [0.29, 0.717) is 23.7 Å². The summed E-state index contributed by atoms with van der Waals surface area (Å²) in [6, 6.07) is 22.0. The highest BCUT2D eigenvalue weighted by Crippen LogP contribution is 2.40. The van der Waals surface area contributed by atoms with E-state index in [0.717, 1.165) is 31.1 Å². The minimum atomic E-state index is 0.470. The summed E-state index contributed by atoms with van der Waals surface area (Å²) < 4.78 is 11.7. The molecular weight excluding hydrogens is 456 g/mol. The van der Waals surface area contributed by atoms with Crippen molar-refractivity contribution < 1.29 is 9.47 Å². The summed E-state index contributed by atoms with van der Waals surface area (Å²) in [5.41, 5.74) is 6.47. The summed E-state index contributed by atoms with van der Waals surface area (Å²) in [5.74, 6) is 1.73. The molecule has 5 heteroatoms. The Kier molecular flexibility index (Phi) is 7.22. The number of halogens is 1. The fraction of sp³-hybridized carbons (Fsp3) is 0.400. The zero-order valence-electron chi connectivity index (χ0n) is 21.0. The fourth-order valence-corrected chi connectivity index (χ4v) is 5.93. The predicted molar refractivity (Wildman–Crippen MR) is 144 cm³/mol. The van der Waals surface area contributed by atoms with E-state index in [-0.39, 0.29) is 0 Å². The molecule has 35 heavy (non-hydrogen) atoms. The number of piperidine rings is 1. The van der Waals surface area contributed by atoms with Gasteiger partial charge in [-0.1, -0.05) is 48.0 Å². The molecule has 2 aliphatic heterocycles. The number of hydrogen-bond donors (Lipinski definition) is 0. The van der Waals surface area contributed by atoms with Crippen LogP contribution in [0, 0.1) is 13.8 Å². The van der Waals surface area contributed by atoms with E-state index in [1.807, 2.05) is 12.1 Å². The SMILES string of the molecule is COc1cc(N2CCN3[C@@H](CCC[C@@H]3c3ccc(OCc4ccccc4)c(C)c3C)C2)ccc1Cl. The zero-order valence-corrected chi connectivity index (χ0v) is 21.7. The van der Waals surface area contributed by atoms with Crippen LogP contribution in [0.4, 0.5) is 5.69 Å². The summed E-state index contributed by atoms with van der Waals surface area (Å²) in [6.45, 7) is 8.17. The van der Waals surface area contributed by atoms with Crippen LogP contribution >= 0.6 is 11.6 Å². The third-order valence-electron chi connectivity index (χ3n) is 7.82. The van der Waals surface area contributed by atoms with Crippen LogP contribution < -0.4 is 14.4 Å².